The number of aliphatic carboxylic acids is 1. The summed E-state index contributed by atoms with van der Waals surface area (Å²) in [6.45, 7) is 2.53. The van der Waals surface area contributed by atoms with Crippen LogP contribution in [0.25, 0.3) is 0 Å². The predicted octanol–water partition coefficient (Wildman–Crippen LogP) is 2.74. The van der Waals surface area contributed by atoms with Crippen molar-refractivity contribution >= 4 is 21.9 Å². The fourth-order valence-electron chi connectivity index (χ4n) is 1.71. The van der Waals surface area contributed by atoms with Crippen molar-refractivity contribution in [2.45, 2.75) is 25.9 Å². The van der Waals surface area contributed by atoms with Crippen LogP contribution in [0.5, 0.6) is 0 Å². The van der Waals surface area contributed by atoms with E-state index in [-0.39, 0.29) is 0 Å². The summed E-state index contributed by atoms with van der Waals surface area (Å²) in [7, 11) is 1.84. The number of carbonyl (C=O) groups is 1. The van der Waals surface area contributed by atoms with Crippen LogP contribution >= 0.6 is 15.9 Å². The molecule has 88 valence electrons. The van der Waals surface area contributed by atoms with E-state index in [9.17, 15) is 4.79 Å². The third kappa shape index (κ3) is 3.61. The molecule has 0 heterocycles. The molecule has 0 saturated heterocycles. The first kappa shape index (κ1) is 13.2. The maximum atomic E-state index is 11.0. The second-order valence-electron chi connectivity index (χ2n) is 3.81. The predicted molar refractivity (Wildman–Crippen MR) is 67.3 cm³/mol. The molecule has 0 radical (unpaired) electrons. The average molecular weight is 286 g/mol. The van der Waals surface area contributed by atoms with Crippen LogP contribution in [-0.2, 0) is 11.3 Å². The lowest BCUT2D eigenvalue weighted by Crippen LogP contribution is -2.37. The van der Waals surface area contributed by atoms with Crippen LogP contribution in [0.4, 0.5) is 0 Å². The Labute approximate surface area is 104 Å². The molecule has 1 aromatic carbocycles. The first-order valence-corrected chi connectivity index (χ1v) is 6.01. The van der Waals surface area contributed by atoms with E-state index in [0.29, 0.717) is 13.0 Å². The standard InChI is InChI=1S/C12H16BrNO2/c1-3-11(12(15)16)14(2)8-9-5-4-6-10(13)7-9/h4-7,11H,3,8H2,1-2H3,(H,15,16). The van der Waals surface area contributed by atoms with E-state index in [4.69, 9.17) is 5.11 Å². The molecule has 0 bridgehead atoms. The number of halogens is 1. The van der Waals surface area contributed by atoms with Gasteiger partial charge in [0.05, 0.1) is 0 Å². The van der Waals surface area contributed by atoms with Gasteiger partial charge < -0.3 is 5.11 Å². The van der Waals surface area contributed by atoms with Gasteiger partial charge in [-0.05, 0) is 31.2 Å². The van der Waals surface area contributed by atoms with E-state index < -0.39 is 12.0 Å². The van der Waals surface area contributed by atoms with Crippen molar-refractivity contribution in [1.82, 2.24) is 4.90 Å². The highest BCUT2D eigenvalue weighted by atomic mass is 79.9. The highest BCUT2D eigenvalue weighted by Crippen LogP contribution is 2.14. The fraction of sp³-hybridized carbons (Fsp3) is 0.417. The maximum Gasteiger partial charge on any atom is 0.320 e. The molecule has 0 aliphatic carbocycles. The number of nitrogens with zero attached hydrogens (tertiary/aromatic N) is 1. The summed E-state index contributed by atoms with van der Waals surface area (Å²) in [6, 6.07) is 7.49. The van der Waals surface area contributed by atoms with Crippen molar-refractivity contribution in [3.8, 4) is 0 Å². The maximum absolute atomic E-state index is 11.0. The molecule has 0 aliphatic rings. The quantitative estimate of drug-likeness (QED) is 0.904. The Kier molecular flexibility index (Phi) is 4.96. The van der Waals surface area contributed by atoms with Crippen LogP contribution in [0.2, 0.25) is 0 Å². The first-order chi connectivity index (χ1) is 7.54. The van der Waals surface area contributed by atoms with Gasteiger partial charge in [-0.2, -0.15) is 0 Å². The van der Waals surface area contributed by atoms with Gasteiger partial charge in [-0.25, -0.2) is 0 Å². The van der Waals surface area contributed by atoms with Crippen LogP contribution in [0.3, 0.4) is 0 Å². The van der Waals surface area contributed by atoms with Gasteiger partial charge in [0, 0.05) is 11.0 Å². The SMILES string of the molecule is CCC(C(=O)O)N(C)Cc1cccc(Br)c1. The van der Waals surface area contributed by atoms with Crippen LogP contribution < -0.4 is 0 Å². The van der Waals surface area contributed by atoms with Crippen LogP contribution in [0, 0.1) is 0 Å². The van der Waals surface area contributed by atoms with Crippen LogP contribution in [-0.4, -0.2) is 29.1 Å². The van der Waals surface area contributed by atoms with Crippen molar-refractivity contribution in [2.75, 3.05) is 7.05 Å². The lowest BCUT2D eigenvalue weighted by molar-refractivity contribution is -0.143. The summed E-state index contributed by atoms with van der Waals surface area (Å²) < 4.78 is 1.02. The van der Waals surface area contributed by atoms with E-state index in [2.05, 4.69) is 15.9 Å². The molecule has 0 spiro atoms. The highest BCUT2D eigenvalue weighted by molar-refractivity contribution is 9.10. The van der Waals surface area contributed by atoms with E-state index in [1.807, 2.05) is 43.1 Å². The number of benzene rings is 1. The van der Waals surface area contributed by atoms with Crippen molar-refractivity contribution in [2.24, 2.45) is 0 Å². The van der Waals surface area contributed by atoms with Gasteiger partial charge in [0.15, 0.2) is 0 Å². The molecule has 1 atom stereocenters. The largest absolute Gasteiger partial charge is 0.480 e. The Balaban J connectivity index is 2.69. The molecule has 16 heavy (non-hydrogen) atoms. The smallest absolute Gasteiger partial charge is 0.320 e. The van der Waals surface area contributed by atoms with Gasteiger partial charge in [0.25, 0.3) is 0 Å². The Hall–Kier alpha value is -0.870. The number of carboxylic acids is 1. The lowest BCUT2D eigenvalue weighted by Gasteiger charge is -2.23. The average Bonchev–Trinajstić information content (AvgIpc) is 2.17. The van der Waals surface area contributed by atoms with Crippen molar-refractivity contribution in [3.63, 3.8) is 0 Å². The number of likely N-dealkylation sites (N-methyl/N-ethyl adjacent to an activating group) is 1. The number of hydrogen-bond acceptors (Lipinski definition) is 2. The van der Waals surface area contributed by atoms with E-state index in [0.717, 1.165) is 10.0 Å². The Morgan fingerprint density at radius 2 is 2.25 bits per heavy atom. The van der Waals surface area contributed by atoms with E-state index >= 15 is 0 Å². The summed E-state index contributed by atoms with van der Waals surface area (Å²) >= 11 is 3.40. The molecule has 0 aliphatic heterocycles. The van der Waals surface area contributed by atoms with Gasteiger partial charge in [-0.3, -0.25) is 9.69 Å². The van der Waals surface area contributed by atoms with E-state index in [1.54, 1.807) is 0 Å². The summed E-state index contributed by atoms with van der Waals surface area (Å²) in [4.78, 5) is 12.8. The third-order valence-electron chi connectivity index (χ3n) is 2.52. The highest BCUT2D eigenvalue weighted by Gasteiger charge is 2.20. The normalized spacial score (nSPS) is 12.8. The minimum atomic E-state index is -0.764. The molecule has 3 nitrogen and oxygen atoms in total. The zero-order chi connectivity index (χ0) is 12.1. The van der Waals surface area contributed by atoms with Gasteiger partial charge in [-0.15, -0.1) is 0 Å². The van der Waals surface area contributed by atoms with Crippen LogP contribution in [0.15, 0.2) is 28.7 Å². The zero-order valence-electron chi connectivity index (χ0n) is 9.48. The van der Waals surface area contributed by atoms with Crippen molar-refractivity contribution in [3.05, 3.63) is 34.3 Å². The summed E-state index contributed by atoms with van der Waals surface area (Å²) in [5.74, 6) is -0.764. The number of carboxylic acid groups (broad SMARTS) is 1. The minimum absolute atomic E-state index is 0.418. The summed E-state index contributed by atoms with van der Waals surface area (Å²) in [6.07, 6.45) is 0.611. The molecule has 1 unspecified atom stereocenters. The van der Waals surface area contributed by atoms with Crippen molar-refractivity contribution < 1.29 is 9.90 Å². The molecule has 4 heteroatoms. The Morgan fingerprint density at radius 1 is 1.56 bits per heavy atom. The molecule has 1 rings (SSSR count). The summed E-state index contributed by atoms with van der Waals surface area (Å²) in [5.41, 5.74) is 1.11. The minimum Gasteiger partial charge on any atom is -0.480 e. The molecule has 1 aromatic rings. The Morgan fingerprint density at radius 3 is 2.75 bits per heavy atom. The molecular formula is C12H16BrNO2. The molecule has 0 saturated carbocycles. The lowest BCUT2D eigenvalue weighted by atomic mass is 10.1. The zero-order valence-corrected chi connectivity index (χ0v) is 11.1. The molecule has 0 aromatic heterocycles. The third-order valence-corrected chi connectivity index (χ3v) is 3.02. The van der Waals surface area contributed by atoms with Crippen LogP contribution in [0.1, 0.15) is 18.9 Å². The van der Waals surface area contributed by atoms with E-state index in [1.165, 1.54) is 0 Å². The van der Waals surface area contributed by atoms with Gasteiger partial charge in [-0.1, -0.05) is 35.0 Å². The monoisotopic (exact) mass is 285 g/mol. The first-order valence-electron chi connectivity index (χ1n) is 5.22. The number of rotatable bonds is 5. The molecular weight excluding hydrogens is 270 g/mol. The topological polar surface area (TPSA) is 40.5 Å². The molecule has 1 N–H and O–H groups in total. The molecule has 0 amide bonds. The fourth-order valence-corrected chi connectivity index (χ4v) is 2.15. The second kappa shape index (κ2) is 6.01. The Bertz CT molecular complexity index is 368. The molecule has 0 fully saturated rings. The van der Waals surface area contributed by atoms with Gasteiger partial charge >= 0.3 is 5.97 Å². The van der Waals surface area contributed by atoms with Gasteiger partial charge in [0.1, 0.15) is 6.04 Å². The second-order valence-corrected chi connectivity index (χ2v) is 4.72. The van der Waals surface area contributed by atoms with Crippen molar-refractivity contribution in [1.29, 1.82) is 0 Å². The van der Waals surface area contributed by atoms with Gasteiger partial charge in [0.2, 0.25) is 0 Å². The summed E-state index contributed by atoms with van der Waals surface area (Å²) in [5, 5.41) is 9.03. The number of hydrogen-bond donors (Lipinski definition) is 1.